The number of ether oxygens (including phenoxy) is 2. The topological polar surface area (TPSA) is 145 Å². The van der Waals surface area contributed by atoms with Crippen LogP contribution in [-0.2, 0) is 31.9 Å². The second-order valence-electron chi connectivity index (χ2n) is 6.73. The molecule has 2 atom stereocenters. The van der Waals surface area contributed by atoms with Crippen LogP contribution >= 0.6 is 7.37 Å². The third kappa shape index (κ3) is 8.07. The molecule has 0 fully saturated rings. The molecule has 1 heterocycles. The minimum atomic E-state index is -3.91. The van der Waals surface area contributed by atoms with E-state index in [1.165, 1.54) is 6.92 Å². The van der Waals surface area contributed by atoms with Crippen LogP contribution in [-0.4, -0.2) is 35.5 Å². The number of esters is 1. The van der Waals surface area contributed by atoms with Gasteiger partial charge in [0, 0.05) is 12.6 Å². The molecule has 0 bridgehead atoms. The van der Waals surface area contributed by atoms with Crippen LogP contribution in [0.2, 0.25) is 0 Å². The molecule has 0 saturated heterocycles. The van der Waals surface area contributed by atoms with Gasteiger partial charge in [0.15, 0.2) is 18.1 Å². The van der Waals surface area contributed by atoms with Crippen molar-refractivity contribution in [1.82, 2.24) is 5.32 Å². The number of alkyl carbamates (subject to hydrolysis) is 1. The summed E-state index contributed by atoms with van der Waals surface area (Å²) in [7, 11) is -3.91. The molecular weight excluding hydrogens is 429 g/mol. The maximum Gasteiger partial charge on any atom is 0.519 e. The summed E-state index contributed by atoms with van der Waals surface area (Å²) >= 11 is 0. The number of aryl methyl sites for hydroxylation is 2. The summed E-state index contributed by atoms with van der Waals surface area (Å²) < 4.78 is 32.2. The number of nitrogens with one attached hydrogen (secondary N) is 1. The van der Waals surface area contributed by atoms with Gasteiger partial charge in [-0.3, -0.25) is 9.36 Å². The van der Waals surface area contributed by atoms with Gasteiger partial charge in [-0.25, -0.2) is 9.59 Å². The van der Waals surface area contributed by atoms with Crippen LogP contribution < -0.4 is 11.1 Å². The minimum Gasteiger partial charge on any atom is -0.466 e. The number of rotatable bonds is 11. The lowest BCUT2D eigenvalue weighted by Crippen LogP contribution is -2.36. The lowest BCUT2D eigenvalue weighted by atomic mass is 10.2. The van der Waals surface area contributed by atoms with Crippen molar-refractivity contribution < 1.29 is 37.4 Å². The van der Waals surface area contributed by atoms with Crippen LogP contribution in [0.4, 0.5) is 4.79 Å². The molecule has 1 aromatic carbocycles. The van der Waals surface area contributed by atoms with Crippen LogP contribution in [0.15, 0.2) is 44.0 Å². The fourth-order valence-corrected chi connectivity index (χ4v) is 4.50. The zero-order valence-electron chi connectivity index (χ0n) is 17.4. The van der Waals surface area contributed by atoms with Crippen molar-refractivity contribution in [3.63, 3.8) is 0 Å². The van der Waals surface area contributed by atoms with Crippen LogP contribution in [0.5, 0.6) is 0 Å². The van der Waals surface area contributed by atoms with E-state index < -0.39 is 37.6 Å². The van der Waals surface area contributed by atoms with E-state index >= 15 is 0 Å². The molecule has 0 aliphatic rings. The van der Waals surface area contributed by atoms with E-state index in [9.17, 15) is 23.8 Å². The highest BCUT2D eigenvalue weighted by Gasteiger charge is 2.33. The maximum atomic E-state index is 13.0. The zero-order chi connectivity index (χ0) is 22.9. The number of amides is 1. The molecule has 1 amide bonds. The Labute approximate surface area is 179 Å². The average molecular weight is 455 g/mol. The van der Waals surface area contributed by atoms with E-state index in [0.717, 1.165) is 5.56 Å². The Balaban J connectivity index is 2.02. The van der Waals surface area contributed by atoms with Crippen LogP contribution in [0, 0.1) is 6.92 Å². The number of carbonyl (C=O) groups excluding carboxylic acids is 2. The smallest absolute Gasteiger partial charge is 0.466 e. The predicted molar refractivity (Wildman–Crippen MR) is 110 cm³/mol. The van der Waals surface area contributed by atoms with Crippen molar-refractivity contribution in [2.45, 2.75) is 45.5 Å². The minimum absolute atomic E-state index is 0.0273. The first kappa shape index (κ1) is 24.4. The highest BCUT2D eigenvalue weighted by molar-refractivity contribution is 7.58. The Morgan fingerprint density at radius 2 is 1.90 bits per heavy atom. The van der Waals surface area contributed by atoms with Gasteiger partial charge in [0.1, 0.15) is 5.78 Å². The molecule has 2 N–H and O–H groups in total. The summed E-state index contributed by atoms with van der Waals surface area (Å²) in [6.45, 7) is 2.90. The monoisotopic (exact) mass is 455 g/mol. The van der Waals surface area contributed by atoms with E-state index in [2.05, 4.69) is 9.73 Å². The first-order chi connectivity index (χ1) is 14.7. The molecule has 0 spiro atoms. The van der Waals surface area contributed by atoms with E-state index in [1.54, 1.807) is 6.92 Å². The predicted octanol–water partition coefficient (Wildman–Crippen LogP) is 2.95. The average Bonchev–Trinajstić information content (AvgIpc) is 3.06. The molecule has 170 valence electrons. The van der Waals surface area contributed by atoms with Gasteiger partial charge < -0.3 is 28.5 Å². The Morgan fingerprint density at radius 3 is 2.52 bits per heavy atom. The van der Waals surface area contributed by atoms with Gasteiger partial charge in [-0.1, -0.05) is 30.3 Å². The molecule has 0 aliphatic heterocycles. The quantitative estimate of drug-likeness (QED) is 0.386. The second kappa shape index (κ2) is 11.5. The lowest BCUT2D eigenvalue weighted by molar-refractivity contribution is -0.143. The Bertz CT molecular complexity index is 967. The van der Waals surface area contributed by atoms with Gasteiger partial charge in [-0.15, -0.1) is 0 Å². The molecule has 10 nitrogen and oxygen atoms in total. The summed E-state index contributed by atoms with van der Waals surface area (Å²) in [4.78, 5) is 45.6. The molecule has 0 radical (unpaired) electrons. The summed E-state index contributed by atoms with van der Waals surface area (Å²) in [5, 5.41) is 2.36. The summed E-state index contributed by atoms with van der Waals surface area (Å²) in [6, 6.07) is 9.14. The zero-order valence-corrected chi connectivity index (χ0v) is 18.3. The van der Waals surface area contributed by atoms with Gasteiger partial charge in [0.25, 0.3) is 0 Å². The number of carbonyl (C=O) groups is 2. The van der Waals surface area contributed by atoms with Crippen LogP contribution in [0.25, 0.3) is 0 Å². The van der Waals surface area contributed by atoms with Crippen molar-refractivity contribution in [3.05, 3.63) is 58.0 Å². The molecule has 31 heavy (non-hydrogen) atoms. The number of hydrogen-bond donors (Lipinski definition) is 2. The Kier molecular flexibility index (Phi) is 9.08. The van der Waals surface area contributed by atoms with Crippen molar-refractivity contribution in [1.29, 1.82) is 0 Å². The Hall–Kier alpha value is -2.84. The molecule has 2 rings (SSSR count). The van der Waals surface area contributed by atoms with Crippen molar-refractivity contribution in [2.75, 3.05) is 12.8 Å². The third-order valence-corrected chi connectivity index (χ3v) is 6.66. The molecule has 1 aromatic heterocycles. The first-order valence-electron chi connectivity index (χ1n) is 9.75. The van der Waals surface area contributed by atoms with Crippen LogP contribution in [0.1, 0.15) is 36.8 Å². The van der Waals surface area contributed by atoms with Gasteiger partial charge in [-0.05, 0) is 32.3 Å². The van der Waals surface area contributed by atoms with E-state index in [-0.39, 0.29) is 37.1 Å². The van der Waals surface area contributed by atoms with E-state index in [0.29, 0.717) is 6.42 Å². The molecule has 0 saturated carbocycles. The van der Waals surface area contributed by atoms with Crippen LogP contribution in [0.3, 0.4) is 0 Å². The molecular formula is C20H26NO9P. The summed E-state index contributed by atoms with van der Waals surface area (Å²) in [6.07, 6.45) is -1.02. The number of benzene rings is 1. The number of hydrogen-bond acceptors (Lipinski definition) is 8. The molecule has 2 unspecified atom stereocenters. The second-order valence-corrected chi connectivity index (χ2v) is 9.31. The van der Waals surface area contributed by atoms with Crippen molar-refractivity contribution in [3.8, 4) is 0 Å². The SMILES string of the molecule is CCOC(=O)CCC(NC(=O)OCc1oc(=O)oc1C)P(=O)(O)CCc1ccccc1. The summed E-state index contributed by atoms with van der Waals surface area (Å²) in [5.41, 5.74) is 0.869. The maximum absolute atomic E-state index is 13.0. The van der Waals surface area contributed by atoms with Crippen molar-refractivity contribution >= 4 is 19.4 Å². The lowest BCUT2D eigenvalue weighted by Gasteiger charge is -2.24. The van der Waals surface area contributed by atoms with Gasteiger partial charge in [0.05, 0.1) is 6.61 Å². The first-order valence-corrected chi connectivity index (χ1v) is 11.7. The molecule has 11 heteroatoms. The molecule has 2 aromatic rings. The summed E-state index contributed by atoms with van der Waals surface area (Å²) in [5.74, 6) is -2.50. The normalized spacial score (nSPS) is 13.8. The fraction of sp³-hybridized carbons (Fsp3) is 0.450. The van der Waals surface area contributed by atoms with Crippen molar-refractivity contribution in [2.24, 2.45) is 0 Å². The highest BCUT2D eigenvalue weighted by Crippen LogP contribution is 2.47. The standard InChI is InChI=1S/C20H26NO9P/c1-3-27-18(22)10-9-17(31(25,26)12-11-15-7-5-4-6-8-15)21-19(23)28-13-16-14(2)29-20(24)30-16/h4-8,17H,3,9-13H2,1-2H3,(H,21,23)(H,25,26). The van der Waals surface area contributed by atoms with Gasteiger partial charge in [0.2, 0.25) is 7.37 Å². The van der Waals surface area contributed by atoms with Gasteiger partial charge in [-0.2, -0.15) is 0 Å². The molecule has 0 aliphatic carbocycles. The van der Waals surface area contributed by atoms with Gasteiger partial charge >= 0.3 is 17.9 Å². The third-order valence-electron chi connectivity index (χ3n) is 4.43. The Morgan fingerprint density at radius 1 is 1.19 bits per heavy atom. The highest BCUT2D eigenvalue weighted by atomic mass is 31.2. The largest absolute Gasteiger partial charge is 0.519 e. The van der Waals surface area contributed by atoms with E-state index in [4.69, 9.17) is 13.9 Å². The van der Waals surface area contributed by atoms with E-state index in [1.807, 2.05) is 30.3 Å². The fourth-order valence-electron chi connectivity index (χ4n) is 2.77.